The topological polar surface area (TPSA) is 131 Å². The van der Waals surface area contributed by atoms with Crippen LogP contribution < -0.4 is 5.46 Å². The summed E-state index contributed by atoms with van der Waals surface area (Å²) in [6.07, 6.45) is 0. The quantitative estimate of drug-likeness (QED) is 0.136. The minimum Gasteiger partial charge on any atom is -0.456 e. The van der Waals surface area contributed by atoms with Crippen LogP contribution >= 0.6 is 31.9 Å². The number of furan rings is 3. The van der Waals surface area contributed by atoms with Gasteiger partial charge in [0.15, 0.2) is 11.6 Å². The van der Waals surface area contributed by atoms with Crippen molar-refractivity contribution in [3.8, 4) is 90.1 Å². The Morgan fingerprint density at radius 1 is 0.283 bits per heavy atom. The van der Waals surface area contributed by atoms with Gasteiger partial charge >= 0.3 is 7.12 Å². The number of benzene rings is 12. The van der Waals surface area contributed by atoms with Gasteiger partial charge in [-0.2, -0.15) is 0 Å². The first-order valence-electron chi connectivity index (χ1n) is 40.9. The van der Waals surface area contributed by atoms with Gasteiger partial charge in [-0.15, -0.1) is 0 Å². The fourth-order valence-electron chi connectivity index (χ4n) is 11.9. The maximum atomic E-state index is 9.24. The molecule has 0 radical (unpaired) electrons. The SMILES string of the molecule is Brc1cc(Br)cc(-c2nc(-c3ccccc3)cc(-c3ccccc3)n2)c1.OB(O)c1cccc2c1oc1ccccc12.[2H][2H].[2H][2H].[2H][2H].[2H][2H].[2H][2H].[2H][2H].[2H][2H].[2H][2H].[2H][2H].[2H][2H].[2H][2H].c1ccc(-c2cc(-c3ccccc3)nc(-c3cc(-c4cccc5c4oc4ccccc45)cc(-c4cccc5c4oc4ccccc45)c3)n2)cc1. The average Bonchev–Trinajstić information content (AvgIpc) is 1.54. The summed E-state index contributed by atoms with van der Waals surface area (Å²) in [6.45, 7) is 0. The highest BCUT2D eigenvalue weighted by Gasteiger charge is 2.21. The number of aromatic nitrogens is 4. The van der Waals surface area contributed by atoms with Crippen molar-refractivity contribution in [1.29, 1.82) is 0 Å². The number of hydrogen-bond donors (Lipinski definition) is 2. The monoisotopic (exact) mass is 1360 g/mol. The average molecular weight is 1360 g/mol. The van der Waals surface area contributed by atoms with Gasteiger partial charge in [-0.1, -0.05) is 262 Å². The number of rotatable bonds is 9. The Kier molecular flexibility index (Phi) is 12.7. The van der Waals surface area contributed by atoms with Gasteiger partial charge in [-0.05, 0) is 77.9 Å². The first kappa shape index (κ1) is 46.3. The molecule has 0 atom stereocenters. The van der Waals surface area contributed by atoms with Crippen molar-refractivity contribution in [2.75, 3.05) is 0 Å². The molecule has 92 heavy (non-hydrogen) atoms. The normalized spacial score (nSPS) is 12.2. The molecule has 0 aliphatic rings. The molecule has 5 heterocycles. The number of nitrogens with zero attached hydrogens (tertiary/aromatic N) is 4. The second-order valence-electron chi connectivity index (χ2n) is 22.1. The van der Waals surface area contributed by atoms with E-state index in [4.69, 9.17) is 65.9 Å². The second kappa shape index (κ2) is 25.2. The van der Waals surface area contributed by atoms with E-state index in [2.05, 4.69) is 165 Å². The Morgan fingerprint density at radius 3 is 0.967 bits per heavy atom. The fourth-order valence-corrected chi connectivity index (χ4v) is 13.1. The van der Waals surface area contributed by atoms with Crippen LogP contribution in [0, 0.1) is 0 Å². The standard InChI is InChI=1S/C46H28N2O2.C22H14Br2N2.C12H9BO3.11H2/c1-3-13-29(14-4-1)40-28-41(30-15-5-2-6-16-30)48-46(47-40)33-26-31(34-19-11-21-38-36-17-7-9-23-42(36)49-44(34)38)25-32(27-33)35-20-12-22-39-37-18-8-10-24-43(37)50-45(35)39;23-18-11-17(12-19(24)13-18)22-25-20(15-7-3-1-4-8-15)14-21(26-22)16-9-5-2-6-10-16;14-13(15)10-6-3-5-9-8-4-1-2-7-11(8)16-12(9)10;;;;;;;;;;;/h1-28H;1-14H;1-7,14-15H;11*1H/i;;;11*1+1D. The minimum absolute atomic E-state index is 0.397. The van der Waals surface area contributed by atoms with Crippen molar-refractivity contribution in [3.63, 3.8) is 0 Å². The van der Waals surface area contributed by atoms with Gasteiger partial charge in [0.05, 0.1) is 22.8 Å². The molecule has 0 fully saturated rings. The molecule has 0 aliphatic carbocycles. The van der Waals surface area contributed by atoms with Crippen LogP contribution in [0.4, 0.5) is 0 Å². The van der Waals surface area contributed by atoms with Crippen LogP contribution in [0.5, 0.6) is 0 Å². The minimum atomic E-state index is -1.51. The predicted molar refractivity (Wildman–Crippen MR) is 404 cm³/mol. The van der Waals surface area contributed by atoms with E-state index >= 15 is 0 Å². The molecular weight excluding hydrogens is 1270 g/mol. The highest BCUT2D eigenvalue weighted by atomic mass is 79.9. The molecule has 12 aromatic carbocycles. The maximum Gasteiger partial charge on any atom is 0.492 e. The van der Waals surface area contributed by atoms with Gasteiger partial charge in [0.2, 0.25) is 0 Å². The van der Waals surface area contributed by atoms with Crippen molar-refractivity contribution >= 4 is 110 Å². The van der Waals surface area contributed by atoms with E-state index < -0.39 is 7.12 Å². The first-order valence-corrected chi connectivity index (χ1v) is 31.5. The van der Waals surface area contributed by atoms with Gasteiger partial charge < -0.3 is 23.3 Å². The van der Waals surface area contributed by atoms with Crippen molar-refractivity contribution in [2.45, 2.75) is 0 Å². The van der Waals surface area contributed by atoms with E-state index in [1.165, 1.54) is 0 Å². The summed E-state index contributed by atoms with van der Waals surface area (Å²) in [5, 5.41) is 24.7. The first-order chi connectivity index (χ1) is 56.2. The Bertz CT molecular complexity index is 5360. The summed E-state index contributed by atoms with van der Waals surface area (Å²) in [6, 6.07) is 99.9. The summed E-state index contributed by atoms with van der Waals surface area (Å²) < 4.78 is 131. The van der Waals surface area contributed by atoms with Gasteiger partial charge in [0.1, 0.15) is 33.5 Å². The highest BCUT2D eigenvalue weighted by Crippen LogP contribution is 2.43. The lowest BCUT2D eigenvalue weighted by atomic mass is 9.79. The van der Waals surface area contributed by atoms with Gasteiger partial charge in [-0.3, -0.25) is 0 Å². The third kappa shape index (κ3) is 11.6. The van der Waals surface area contributed by atoms with E-state index in [1.807, 2.05) is 152 Å². The van der Waals surface area contributed by atoms with Crippen molar-refractivity contribution in [2.24, 2.45) is 0 Å². The lowest BCUT2D eigenvalue weighted by Gasteiger charge is -2.13. The zero-order valence-corrected chi connectivity index (χ0v) is 52.2. The second-order valence-corrected chi connectivity index (χ2v) is 23.9. The highest BCUT2D eigenvalue weighted by molar-refractivity contribution is 9.11. The number of halogens is 2. The van der Waals surface area contributed by atoms with Crippen LogP contribution in [0.1, 0.15) is 32.7 Å². The van der Waals surface area contributed by atoms with Crippen molar-refractivity contribution < 1.29 is 56.0 Å². The molecular formula is C80H73BBr2N4O5. The molecule has 5 aromatic heterocycles. The molecule has 9 nitrogen and oxygen atoms in total. The van der Waals surface area contributed by atoms with Crippen LogP contribution in [-0.4, -0.2) is 37.1 Å². The van der Waals surface area contributed by atoms with E-state index in [0.717, 1.165) is 148 Å². The van der Waals surface area contributed by atoms with Crippen LogP contribution in [0.25, 0.3) is 156 Å². The van der Waals surface area contributed by atoms with E-state index in [1.54, 1.807) is 12.1 Å². The predicted octanol–water partition coefficient (Wildman–Crippen LogP) is 23.6. The molecule has 2 N–H and O–H groups in total. The van der Waals surface area contributed by atoms with Crippen molar-refractivity contribution in [1.82, 2.24) is 19.9 Å². The molecule has 0 amide bonds. The summed E-state index contributed by atoms with van der Waals surface area (Å²) >= 11 is 7.10. The molecule has 12 heteroatoms. The largest absolute Gasteiger partial charge is 0.492 e. The molecule has 0 bridgehead atoms. The lowest BCUT2D eigenvalue weighted by Crippen LogP contribution is -2.29. The van der Waals surface area contributed by atoms with E-state index in [9.17, 15) is 10.0 Å². The smallest absolute Gasteiger partial charge is 0.456 e. The van der Waals surface area contributed by atoms with Crippen LogP contribution in [0.2, 0.25) is 0 Å². The van der Waals surface area contributed by atoms with Crippen LogP contribution in [0.15, 0.2) is 319 Å². The number of fused-ring (bicyclic) bond motifs is 9. The lowest BCUT2D eigenvalue weighted by molar-refractivity contribution is 0.425. The number of hydrogen-bond acceptors (Lipinski definition) is 9. The Balaban J connectivity index is 0.000000359. The molecule has 0 saturated carbocycles. The third-order valence-corrected chi connectivity index (χ3v) is 17.1. The van der Waals surface area contributed by atoms with Gasteiger partial charge in [0.25, 0.3) is 0 Å². The summed E-state index contributed by atoms with van der Waals surface area (Å²) in [4.78, 5) is 20.1. The molecule has 0 aliphatic heterocycles. The Labute approximate surface area is 580 Å². The third-order valence-electron chi connectivity index (χ3n) is 16.2. The maximum absolute atomic E-state index is 9.24. The summed E-state index contributed by atoms with van der Waals surface area (Å²) in [5.41, 5.74) is 18.7. The van der Waals surface area contributed by atoms with Crippen molar-refractivity contribution in [3.05, 3.63) is 306 Å². The zero-order chi connectivity index (χ0) is 84.1. The van der Waals surface area contributed by atoms with E-state index in [-0.39, 0.29) is 0 Å². The fraction of sp³-hybridized carbons (Fsp3) is 0. The number of para-hydroxylation sites is 6. The molecule has 0 unspecified atom stereocenters. The molecule has 17 aromatic rings. The van der Waals surface area contributed by atoms with E-state index in [0.29, 0.717) is 22.7 Å². The van der Waals surface area contributed by atoms with Gasteiger partial charge in [0, 0.05) is 124 Å². The Morgan fingerprint density at radius 2 is 0.587 bits per heavy atom. The van der Waals surface area contributed by atoms with Crippen LogP contribution in [0.3, 0.4) is 0 Å². The molecule has 460 valence electrons. The van der Waals surface area contributed by atoms with Gasteiger partial charge in [-0.25, -0.2) is 19.9 Å². The Hall–Kier alpha value is -10.9. The molecule has 17 rings (SSSR count). The molecule has 0 spiro atoms. The summed E-state index contributed by atoms with van der Waals surface area (Å²) in [5.74, 6) is 1.34. The molecule has 0 saturated heterocycles. The summed E-state index contributed by atoms with van der Waals surface area (Å²) in [7, 11) is -1.51. The van der Waals surface area contributed by atoms with Crippen LogP contribution in [-0.2, 0) is 0 Å². The zero-order valence-electron chi connectivity index (χ0n) is 71.0.